The summed E-state index contributed by atoms with van der Waals surface area (Å²) in [7, 11) is 0. The van der Waals surface area contributed by atoms with Crippen LogP contribution in [0.2, 0.25) is 0 Å². The molecule has 1 aliphatic rings. The number of carbonyl (C=O) groups excluding carboxylic acids is 3. The van der Waals surface area contributed by atoms with E-state index in [1.54, 1.807) is 30.5 Å². The first-order chi connectivity index (χ1) is 16.4. The fourth-order valence-electron chi connectivity index (χ4n) is 3.96. The predicted octanol–water partition coefficient (Wildman–Crippen LogP) is 3.99. The van der Waals surface area contributed by atoms with Crippen molar-refractivity contribution in [3.63, 3.8) is 0 Å². The van der Waals surface area contributed by atoms with Gasteiger partial charge in [0.15, 0.2) is 0 Å². The van der Waals surface area contributed by atoms with Gasteiger partial charge in [0, 0.05) is 12.7 Å². The fourth-order valence-corrected chi connectivity index (χ4v) is 3.96. The Balaban J connectivity index is 1.43. The van der Waals surface area contributed by atoms with E-state index in [1.165, 1.54) is 0 Å². The van der Waals surface area contributed by atoms with Gasteiger partial charge in [-0.3, -0.25) is 24.3 Å². The van der Waals surface area contributed by atoms with Crippen molar-refractivity contribution in [3.05, 3.63) is 95.3 Å². The van der Waals surface area contributed by atoms with E-state index in [4.69, 9.17) is 4.74 Å². The smallest absolute Gasteiger partial charge is 0.262 e. The van der Waals surface area contributed by atoms with Gasteiger partial charge in [0.25, 0.3) is 11.8 Å². The van der Waals surface area contributed by atoms with Crippen LogP contribution in [0.25, 0.3) is 0 Å². The lowest BCUT2D eigenvalue weighted by atomic mass is 10.0. The molecule has 1 N–H and O–H groups in total. The van der Waals surface area contributed by atoms with E-state index >= 15 is 0 Å². The number of pyridine rings is 1. The van der Waals surface area contributed by atoms with Crippen LogP contribution in [0.3, 0.4) is 0 Å². The normalized spacial score (nSPS) is 13.7. The molecule has 0 aliphatic carbocycles. The van der Waals surface area contributed by atoms with Crippen molar-refractivity contribution < 1.29 is 19.1 Å². The van der Waals surface area contributed by atoms with Crippen molar-refractivity contribution in [2.24, 2.45) is 5.92 Å². The Labute approximate surface area is 198 Å². The van der Waals surface area contributed by atoms with Crippen LogP contribution in [0.5, 0.6) is 5.75 Å². The number of aromatic nitrogens is 1. The van der Waals surface area contributed by atoms with E-state index in [2.05, 4.69) is 10.3 Å². The second-order valence-electron chi connectivity index (χ2n) is 8.65. The largest absolute Gasteiger partial charge is 0.487 e. The zero-order valence-corrected chi connectivity index (χ0v) is 19.2. The second-order valence-corrected chi connectivity index (χ2v) is 8.65. The van der Waals surface area contributed by atoms with E-state index in [0.29, 0.717) is 29.9 Å². The number of nitrogens with zero attached hydrogens (tertiary/aromatic N) is 2. The lowest BCUT2D eigenvalue weighted by Gasteiger charge is -2.26. The van der Waals surface area contributed by atoms with Gasteiger partial charge in [0.05, 0.1) is 16.8 Å². The molecule has 0 radical (unpaired) electrons. The molecule has 3 amide bonds. The molecule has 2 heterocycles. The lowest BCUT2D eigenvalue weighted by Crippen LogP contribution is -2.50. The Morgan fingerprint density at radius 3 is 2.32 bits per heavy atom. The van der Waals surface area contributed by atoms with Crippen LogP contribution in [0, 0.1) is 5.92 Å². The number of hydrogen-bond donors (Lipinski definition) is 1. The molecule has 34 heavy (non-hydrogen) atoms. The van der Waals surface area contributed by atoms with Gasteiger partial charge in [0.2, 0.25) is 5.91 Å². The molecule has 174 valence electrons. The van der Waals surface area contributed by atoms with Crippen molar-refractivity contribution in [2.45, 2.75) is 39.5 Å². The van der Waals surface area contributed by atoms with Crippen molar-refractivity contribution in [3.8, 4) is 5.75 Å². The molecular weight excluding hydrogens is 430 g/mol. The van der Waals surface area contributed by atoms with Gasteiger partial charge >= 0.3 is 0 Å². The zero-order chi connectivity index (χ0) is 24.1. The van der Waals surface area contributed by atoms with Crippen molar-refractivity contribution in [1.82, 2.24) is 15.2 Å². The van der Waals surface area contributed by atoms with Crippen LogP contribution < -0.4 is 10.1 Å². The minimum absolute atomic E-state index is 0.114. The molecule has 0 saturated carbocycles. The third kappa shape index (κ3) is 5.14. The Bertz CT molecular complexity index is 1160. The van der Waals surface area contributed by atoms with Crippen molar-refractivity contribution in [1.29, 1.82) is 0 Å². The van der Waals surface area contributed by atoms with Crippen LogP contribution in [-0.2, 0) is 17.9 Å². The third-order valence-corrected chi connectivity index (χ3v) is 5.61. The van der Waals surface area contributed by atoms with Gasteiger partial charge in [0.1, 0.15) is 18.4 Å². The molecule has 1 unspecified atom stereocenters. The van der Waals surface area contributed by atoms with Crippen LogP contribution in [-0.4, -0.2) is 33.6 Å². The Morgan fingerprint density at radius 2 is 1.68 bits per heavy atom. The summed E-state index contributed by atoms with van der Waals surface area (Å²) in [4.78, 5) is 44.4. The molecule has 1 aliphatic heterocycles. The van der Waals surface area contributed by atoms with Gasteiger partial charge in [-0.1, -0.05) is 44.2 Å². The van der Waals surface area contributed by atoms with Crippen LogP contribution in [0.1, 0.15) is 52.2 Å². The number of fused-ring (bicyclic) bond motifs is 1. The summed E-state index contributed by atoms with van der Waals surface area (Å²) >= 11 is 0. The number of hydrogen-bond acceptors (Lipinski definition) is 5. The van der Waals surface area contributed by atoms with Gasteiger partial charge in [-0.05, 0) is 54.3 Å². The molecule has 1 aromatic heterocycles. The molecule has 0 saturated heterocycles. The molecule has 0 bridgehead atoms. The molecular formula is C27H27N3O4. The van der Waals surface area contributed by atoms with E-state index in [9.17, 15) is 14.4 Å². The van der Waals surface area contributed by atoms with Crippen molar-refractivity contribution in [2.75, 3.05) is 0 Å². The Kier molecular flexibility index (Phi) is 7.01. The van der Waals surface area contributed by atoms with Gasteiger partial charge in [-0.25, -0.2) is 0 Å². The first kappa shape index (κ1) is 23.2. The van der Waals surface area contributed by atoms with E-state index < -0.39 is 17.9 Å². The quantitative estimate of drug-likeness (QED) is 0.491. The monoisotopic (exact) mass is 457 g/mol. The van der Waals surface area contributed by atoms with Crippen LogP contribution in [0.4, 0.5) is 0 Å². The highest BCUT2D eigenvalue weighted by atomic mass is 16.5. The topological polar surface area (TPSA) is 88.6 Å². The van der Waals surface area contributed by atoms with Crippen LogP contribution in [0.15, 0.2) is 72.9 Å². The maximum absolute atomic E-state index is 13.2. The highest BCUT2D eigenvalue weighted by Gasteiger charge is 2.42. The predicted molar refractivity (Wildman–Crippen MR) is 127 cm³/mol. The Morgan fingerprint density at radius 1 is 0.971 bits per heavy atom. The standard InChI is InChI=1S/C27H27N3O4/c1-18(2)14-24(30-26(32)22-11-3-4-12-23(22)27(30)33)25(31)29-16-19-8-7-10-21(15-19)34-17-20-9-5-6-13-28-20/h3-13,15,18,24H,14,16-17H2,1-2H3,(H,29,31). The average Bonchev–Trinajstić information content (AvgIpc) is 3.10. The van der Waals surface area contributed by atoms with Gasteiger partial charge in [-0.15, -0.1) is 0 Å². The lowest BCUT2D eigenvalue weighted by molar-refractivity contribution is -0.125. The van der Waals surface area contributed by atoms with Gasteiger partial charge in [-0.2, -0.15) is 0 Å². The molecule has 3 aromatic rings. The number of benzene rings is 2. The number of carbonyl (C=O) groups is 3. The van der Waals surface area contributed by atoms with Crippen molar-refractivity contribution >= 4 is 17.7 Å². The zero-order valence-electron chi connectivity index (χ0n) is 19.2. The van der Waals surface area contributed by atoms with Crippen LogP contribution >= 0.6 is 0 Å². The maximum atomic E-state index is 13.2. The molecule has 0 fully saturated rings. The summed E-state index contributed by atoms with van der Waals surface area (Å²) in [6.45, 7) is 4.51. The minimum atomic E-state index is -0.879. The first-order valence-electron chi connectivity index (χ1n) is 11.3. The fraction of sp³-hybridized carbons (Fsp3) is 0.259. The number of imide groups is 1. The molecule has 0 spiro atoms. The highest BCUT2D eigenvalue weighted by Crippen LogP contribution is 2.27. The summed E-state index contributed by atoms with van der Waals surface area (Å²) in [6, 6.07) is 18.9. The van der Waals surface area contributed by atoms with E-state index in [-0.39, 0.29) is 18.4 Å². The molecule has 1 atom stereocenters. The first-order valence-corrected chi connectivity index (χ1v) is 11.3. The van der Waals surface area contributed by atoms with Gasteiger partial charge < -0.3 is 10.1 Å². The summed E-state index contributed by atoms with van der Waals surface area (Å²) in [5.41, 5.74) is 2.34. The summed E-state index contributed by atoms with van der Waals surface area (Å²) in [6.07, 6.45) is 2.09. The number of rotatable bonds is 9. The number of ether oxygens (including phenoxy) is 1. The van der Waals surface area contributed by atoms with E-state index in [0.717, 1.165) is 16.2 Å². The molecule has 4 rings (SSSR count). The summed E-state index contributed by atoms with van der Waals surface area (Å²) in [5.74, 6) is -0.430. The SMILES string of the molecule is CC(C)CC(C(=O)NCc1cccc(OCc2ccccn2)c1)N1C(=O)c2ccccc2C1=O. The maximum Gasteiger partial charge on any atom is 0.262 e. The molecule has 2 aromatic carbocycles. The molecule has 7 heteroatoms. The third-order valence-electron chi connectivity index (χ3n) is 5.61. The summed E-state index contributed by atoms with van der Waals surface area (Å²) < 4.78 is 5.81. The average molecular weight is 458 g/mol. The molecule has 7 nitrogen and oxygen atoms in total. The number of nitrogens with one attached hydrogen (secondary N) is 1. The summed E-state index contributed by atoms with van der Waals surface area (Å²) in [5, 5.41) is 2.90. The highest BCUT2D eigenvalue weighted by molar-refractivity contribution is 6.22. The van der Waals surface area contributed by atoms with E-state index in [1.807, 2.05) is 56.3 Å². The Hall–Kier alpha value is -4.00. The second kappa shape index (κ2) is 10.3. The minimum Gasteiger partial charge on any atom is -0.487 e. The number of amides is 3.